The Morgan fingerprint density at radius 2 is 2.03 bits per heavy atom. The van der Waals surface area contributed by atoms with E-state index in [1.165, 1.54) is 12.1 Å². The predicted molar refractivity (Wildman–Crippen MR) is 112 cm³/mol. The molecule has 1 aliphatic heterocycles. The van der Waals surface area contributed by atoms with Crippen molar-refractivity contribution in [2.45, 2.75) is 25.9 Å². The van der Waals surface area contributed by atoms with Crippen molar-refractivity contribution in [3.05, 3.63) is 72.6 Å². The van der Waals surface area contributed by atoms with Gasteiger partial charge in [0.15, 0.2) is 0 Å². The third kappa shape index (κ3) is 3.36. The molecule has 3 heterocycles. The Kier molecular flexibility index (Phi) is 4.58. The first kappa shape index (κ1) is 18.5. The topological polar surface area (TPSA) is 66.8 Å². The minimum Gasteiger partial charge on any atom is -0.336 e. The highest BCUT2D eigenvalue weighted by Gasteiger charge is 2.33. The summed E-state index contributed by atoms with van der Waals surface area (Å²) in [5.74, 6) is -0.0256. The van der Waals surface area contributed by atoms with Crippen LogP contribution in [0.5, 0.6) is 0 Å². The van der Waals surface area contributed by atoms with Gasteiger partial charge in [-0.1, -0.05) is 6.07 Å². The van der Waals surface area contributed by atoms with E-state index < -0.39 is 0 Å². The number of nitrogens with zero attached hydrogens (tertiary/aromatic N) is 4. The molecule has 1 saturated heterocycles. The lowest BCUT2D eigenvalue weighted by molar-refractivity contribution is 0.0742. The summed E-state index contributed by atoms with van der Waals surface area (Å²) in [6.07, 6.45) is 6.47. The number of likely N-dealkylation sites (tertiary alicyclic amines) is 1. The van der Waals surface area contributed by atoms with Gasteiger partial charge in [-0.25, -0.2) is 9.37 Å². The van der Waals surface area contributed by atoms with Crippen molar-refractivity contribution >= 4 is 16.9 Å². The number of carbonyl (C=O) groups excluding carboxylic acids is 1. The number of amides is 1. The first-order valence-corrected chi connectivity index (χ1v) is 10.1. The number of aromatic amines is 1. The number of imidazole rings is 1. The molecule has 30 heavy (non-hydrogen) atoms. The molecule has 2 aromatic heterocycles. The lowest BCUT2D eigenvalue weighted by Gasteiger charge is -2.21. The fourth-order valence-electron chi connectivity index (χ4n) is 4.39. The van der Waals surface area contributed by atoms with Crippen molar-refractivity contribution in [3.63, 3.8) is 0 Å². The summed E-state index contributed by atoms with van der Waals surface area (Å²) in [6.45, 7) is 3.56. The van der Waals surface area contributed by atoms with Crippen molar-refractivity contribution in [1.82, 2.24) is 24.6 Å². The predicted octanol–water partition coefficient (Wildman–Crippen LogP) is 4.12. The average Bonchev–Trinajstić information content (AvgIpc) is 3.49. The number of halogens is 1. The smallest absolute Gasteiger partial charge is 0.254 e. The zero-order chi connectivity index (χ0) is 20.7. The van der Waals surface area contributed by atoms with Crippen molar-refractivity contribution in [3.8, 4) is 11.1 Å². The van der Waals surface area contributed by atoms with Crippen LogP contribution in [0.1, 0.15) is 23.7 Å². The van der Waals surface area contributed by atoms with Crippen LogP contribution in [0.4, 0.5) is 4.39 Å². The van der Waals surface area contributed by atoms with Crippen LogP contribution >= 0.6 is 0 Å². The second kappa shape index (κ2) is 7.40. The van der Waals surface area contributed by atoms with Crippen LogP contribution in [0.25, 0.3) is 22.2 Å². The number of hydrogen-bond donors (Lipinski definition) is 1. The third-order valence-corrected chi connectivity index (χ3v) is 5.92. The molecular formula is C23H22FN5O. The van der Waals surface area contributed by atoms with Gasteiger partial charge in [-0.2, -0.15) is 5.10 Å². The SMILES string of the molecule is C[C@@H]1C[C@@H](Cn2cnc3cc(-c4cn[nH]c4)ccc32)CN1C(=O)c1ccc(F)cc1. The molecule has 4 aromatic rings. The van der Waals surface area contributed by atoms with Crippen molar-refractivity contribution < 1.29 is 9.18 Å². The van der Waals surface area contributed by atoms with Gasteiger partial charge < -0.3 is 9.47 Å². The number of nitrogens with one attached hydrogen (secondary N) is 1. The normalized spacial score (nSPS) is 18.9. The second-order valence-corrected chi connectivity index (χ2v) is 8.00. The average molecular weight is 403 g/mol. The highest BCUT2D eigenvalue weighted by molar-refractivity contribution is 5.94. The van der Waals surface area contributed by atoms with E-state index in [2.05, 4.69) is 44.9 Å². The Morgan fingerprint density at radius 3 is 2.80 bits per heavy atom. The molecule has 0 aliphatic carbocycles. The van der Waals surface area contributed by atoms with E-state index in [-0.39, 0.29) is 17.8 Å². The molecule has 1 fully saturated rings. The molecule has 2 atom stereocenters. The molecule has 0 saturated carbocycles. The number of hydrogen-bond acceptors (Lipinski definition) is 3. The first-order chi connectivity index (χ1) is 14.6. The largest absolute Gasteiger partial charge is 0.336 e. The van der Waals surface area contributed by atoms with Gasteiger partial charge in [0.25, 0.3) is 5.91 Å². The molecule has 1 aliphatic rings. The number of benzene rings is 2. The number of rotatable bonds is 4. The van der Waals surface area contributed by atoms with E-state index >= 15 is 0 Å². The summed E-state index contributed by atoms with van der Waals surface area (Å²) in [7, 11) is 0. The minimum absolute atomic E-state index is 0.0368. The van der Waals surface area contributed by atoms with E-state index in [4.69, 9.17) is 0 Å². The summed E-state index contributed by atoms with van der Waals surface area (Å²) < 4.78 is 15.3. The lowest BCUT2D eigenvalue weighted by Crippen LogP contribution is -2.34. The maximum atomic E-state index is 13.2. The second-order valence-electron chi connectivity index (χ2n) is 8.00. The van der Waals surface area contributed by atoms with Gasteiger partial charge in [0.2, 0.25) is 0 Å². The van der Waals surface area contributed by atoms with E-state index in [1.54, 1.807) is 18.3 Å². The zero-order valence-corrected chi connectivity index (χ0v) is 16.6. The molecule has 152 valence electrons. The van der Waals surface area contributed by atoms with Gasteiger partial charge in [0.1, 0.15) is 5.82 Å². The van der Waals surface area contributed by atoms with Gasteiger partial charge >= 0.3 is 0 Å². The van der Waals surface area contributed by atoms with Gasteiger partial charge in [-0.15, -0.1) is 0 Å². The van der Waals surface area contributed by atoms with E-state index in [1.807, 2.05) is 17.4 Å². The summed E-state index contributed by atoms with van der Waals surface area (Å²) in [6, 6.07) is 12.2. The maximum Gasteiger partial charge on any atom is 0.254 e. The van der Waals surface area contributed by atoms with Crippen LogP contribution < -0.4 is 0 Å². The fraction of sp³-hybridized carbons (Fsp3) is 0.261. The van der Waals surface area contributed by atoms with Crippen molar-refractivity contribution in [2.75, 3.05) is 6.54 Å². The van der Waals surface area contributed by atoms with Crippen LogP contribution in [-0.4, -0.2) is 43.1 Å². The van der Waals surface area contributed by atoms with Crippen LogP contribution in [-0.2, 0) is 6.54 Å². The zero-order valence-electron chi connectivity index (χ0n) is 16.6. The summed E-state index contributed by atoms with van der Waals surface area (Å²) in [5, 5.41) is 6.84. The molecule has 0 spiro atoms. The molecule has 0 bridgehead atoms. The molecule has 1 N–H and O–H groups in total. The molecule has 0 radical (unpaired) electrons. The summed E-state index contributed by atoms with van der Waals surface area (Å²) in [4.78, 5) is 19.3. The van der Waals surface area contributed by atoms with Gasteiger partial charge in [0, 0.05) is 36.5 Å². The van der Waals surface area contributed by atoms with Crippen molar-refractivity contribution in [1.29, 1.82) is 0 Å². The molecule has 5 rings (SSSR count). The van der Waals surface area contributed by atoms with Crippen LogP contribution in [0, 0.1) is 11.7 Å². The number of carbonyl (C=O) groups is 1. The van der Waals surface area contributed by atoms with E-state index in [9.17, 15) is 9.18 Å². The van der Waals surface area contributed by atoms with Crippen LogP contribution in [0.15, 0.2) is 61.2 Å². The highest BCUT2D eigenvalue weighted by Crippen LogP contribution is 2.28. The Morgan fingerprint density at radius 1 is 1.20 bits per heavy atom. The molecule has 7 heteroatoms. The Hall–Kier alpha value is -3.48. The van der Waals surface area contributed by atoms with Gasteiger partial charge in [-0.3, -0.25) is 9.89 Å². The van der Waals surface area contributed by atoms with Gasteiger partial charge in [-0.05, 0) is 61.2 Å². The van der Waals surface area contributed by atoms with Gasteiger partial charge in [0.05, 0.1) is 23.6 Å². The summed E-state index contributed by atoms with van der Waals surface area (Å²) >= 11 is 0. The van der Waals surface area contributed by atoms with Crippen LogP contribution in [0.3, 0.4) is 0 Å². The Bertz CT molecular complexity index is 1180. The summed E-state index contributed by atoms with van der Waals surface area (Å²) in [5.41, 5.74) is 4.67. The molecule has 1 amide bonds. The Labute approximate surface area is 173 Å². The monoisotopic (exact) mass is 403 g/mol. The lowest BCUT2D eigenvalue weighted by atomic mass is 10.1. The Balaban J connectivity index is 1.32. The van der Waals surface area contributed by atoms with E-state index in [0.29, 0.717) is 18.0 Å². The number of aromatic nitrogens is 4. The maximum absolute atomic E-state index is 13.2. The number of fused-ring (bicyclic) bond motifs is 1. The highest BCUT2D eigenvalue weighted by atomic mass is 19.1. The molecular weight excluding hydrogens is 381 g/mol. The van der Waals surface area contributed by atoms with Crippen LogP contribution in [0.2, 0.25) is 0 Å². The van der Waals surface area contributed by atoms with Crippen molar-refractivity contribution in [2.24, 2.45) is 5.92 Å². The standard InChI is InChI=1S/C23H22FN5O/c1-15-8-16(13-29(15)23(30)17-2-5-20(24)6-3-17)12-28-14-25-21-9-18(4-7-22(21)28)19-10-26-27-11-19/h2-7,9-11,14-16H,8,12-13H2,1H3,(H,26,27)/t15-,16+/m1/s1. The third-order valence-electron chi connectivity index (χ3n) is 5.92. The molecule has 0 unspecified atom stereocenters. The quantitative estimate of drug-likeness (QED) is 0.557. The molecule has 2 aromatic carbocycles. The van der Waals surface area contributed by atoms with E-state index in [0.717, 1.165) is 35.1 Å². The fourth-order valence-corrected chi connectivity index (χ4v) is 4.39. The molecule has 6 nitrogen and oxygen atoms in total. The first-order valence-electron chi connectivity index (χ1n) is 10.1. The minimum atomic E-state index is -0.332. The number of H-pyrrole nitrogens is 1.